The first-order chi connectivity index (χ1) is 10.9. The number of hydrogen-bond acceptors (Lipinski definition) is 3. The van der Waals surface area contributed by atoms with Crippen molar-refractivity contribution in [3.8, 4) is 5.88 Å². The third-order valence-electron chi connectivity index (χ3n) is 4.04. The highest BCUT2D eigenvalue weighted by molar-refractivity contribution is 5.82. The van der Waals surface area contributed by atoms with Gasteiger partial charge in [-0.15, -0.1) is 0 Å². The van der Waals surface area contributed by atoms with E-state index in [1.165, 1.54) is 5.56 Å². The van der Waals surface area contributed by atoms with Crippen LogP contribution in [0.2, 0.25) is 0 Å². The topological polar surface area (TPSA) is 35.0 Å². The fraction of sp³-hybridized carbons (Fsp3) is 0.300. The average Bonchev–Trinajstić information content (AvgIpc) is 2.54. The smallest absolute Gasteiger partial charge is 0.225 e. The van der Waals surface area contributed by atoms with Gasteiger partial charge in [-0.1, -0.05) is 57.2 Å². The molecule has 0 bridgehead atoms. The Bertz CT molecular complexity index is 798. The molecule has 3 aromatic rings. The van der Waals surface area contributed by atoms with Crippen molar-refractivity contribution in [2.45, 2.75) is 39.2 Å². The number of ether oxygens (including phenoxy) is 1. The summed E-state index contributed by atoms with van der Waals surface area (Å²) < 4.78 is 6.09. The number of rotatable bonds is 3. The van der Waals surface area contributed by atoms with Gasteiger partial charge < -0.3 is 4.74 Å². The molecule has 0 fully saturated rings. The Morgan fingerprint density at radius 2 is 1.61 bits per heavy atom. The van der Waals surface area contributed by atoms with E-state index in [2.05, 4.69) is 55.0 Å². The molecule has 0 aliphatic carbocycles. The minimum atomic E-state index is -0.0673. The van der Waals surface area contributed by atoms with Crippen molar-refractivity contribution in [3.05, 3.63) is 66.0 Å². The molecule has 0 aliphatic rings. The van der Waals surface area contributed by atoms with Crippen LogP contribution in [0.5, 0.6) is 5.88 Å². The molecule has 118 valence electrons. The van der Waals surface area contributed by atoms with Crippen molar-refractivity contribution < 1.29 is 4.74 Å². The van der Waals surface area contributed by atoms with E-state index in [4.69, 9.17) is 4.74 Å². The van der Waals surface area contributed by atoms with Gasteiger partial charge in [0.15, 0.2) is 0 Å². The van der Waals surface area contributed by atoms with Gasteiger partial charge in [-0.25, -0.2) is 9.97 Å². The summed E-state index contributed by atoms with van der Waals surface area (Å²) >= 11 is 0. The van der Waals surface area contributed by atoms with Crippen LogP contribution in [0.25, 0.3) is 10.9 Å². The van der Waals surface area contributed by atoms with Crippen LogP contribution in [0.3, 0.4) is 0 Å². The maximum absolute atomic E-state index is 6.09. The lowest BCUT2D eigenvalue weighted by molar-refractivity contribution is 0.220. The van der Waals surface area contributed by atoms with Crippen LogP contribution in [-0.4, -0.2) is 9.97 Å². The molecule has 1 unspecified atom stereocenters. The summed E-state index contributed by atoms with van der Waals surface area (Å²) in [4.78, 5) is 8.57. The Morgan fingerprint density at radius 3 is 2.30 bits per heavy atom. The summed E-state index contributed by atoms with van der Waals surface area (Å²) in [6, 6.07) is 16.5. The van der Waals surface area contributed by atoms with E-state index in [0.717, 1.165) is 16.5 Å². The molecule has 0 aliphatic heterocycles. The molecule has 1 atom stereocenters. The summed E-state index contributed by atoms with van der Waals surface area (Å²) in [5, 5.41) is 0.938. The number of fused-ring (bicyclic) bond motifs is 1. The first-order valence-electron chi connectivity index (χ1n) is 7.92. The second-order valence-electron chi connectivity index (χ2n) is 6.83. The summed E-state index contributed by atoms with van der Waals surface area (Å²) in [6.45, 7) is 8.70. The van der Waals surface area contributed by atoms with Crippen LogP contribution in [0.15, 0.2) is 54.9 Å². The molecule has 0 saturated heterocycles. The minimum Gasteiger partial charge on any atom is -0.469 e. The molecule has 3 heteroatoms. The summed E-state index contributed by atoms with van der Waals surface area (Å²) in [5.41, 5.74) is 3.51. The van der Waals surface area contributed by atoms with E-state index >= 15 is 0 Å². The van der Waals surface area contributed by atoms with Crippen molar-refractivity contribution in [1.29, 1.82) is 0 Å². The van der Waals surface area contributed by atoms with Crippen LogP contribution < -0.4 is 4.74 Å². The third-order valence-corrected chi connectivity index (χ3v) is 4.04. The largest absolute Gasteiger partial charge is 0.469 e. The molecule has 3 nitrogen and oxygen atoms in total. The highest BCUT2D eigenvalue weighted by atomic mass is 16.5. The van der Waals surface area contributed by atoms with Crippen molar-refractivity contribution >= 4 is 10.9 Å². The normalized spacial score (nSPS) is 13.0. The molecule has 1 aromatic heterocycles. The standard InChI is InChI=1S/C20H22N2O/c1-14(15-9-11-16(12-10-15)20(2,3)4)23-19-17-7-5-6-8-18(17)21-13-22-19/h5-14H,1-4H3. The second-order valence-corrected chi connectivity index (χ2v) is 6.83. The SMILES string of the molecule is CC(Oc1ncnc2ccccc12)c1ccc(C(C)(C)C)cc1. The number of para-hydroxylation sites is 1. The predicted octanol–water partition coefficient (Wildman–Crippen LogP) is 5.07. The first-order valence-corrected chi connectivity index (χ1v) is 7.92. The molecule has 2 aromatic carbocycles. The highest BCUT2D eigenvalue weighted by Gasteiger charge is 2.15. The number of aromatic nitrogens is 2. The van der Waals surface area contributed by atoms with Gasteiger partial charge in [0.1, 0.15) is 12.4 Å². The fourth-order valence-corrected chi connectivity index (χ4v) is 2.56. The average molecular weight is 306 g/mol. The maximum atomic E-state index is 6.09. The van der Waals surface area contributed by atoms with Crippen molar-refractivity contribution in [3.63, 3.8) is 0 Å². The molecule has 1 heterocycles. The van der Waals surface area contributed by atoms with Crippen LogP contribution in [0.4, 0.5) is 0 Å². The van der Waals surface area contributed by atoms with E-state index in [9.17, 15) is 0 Å². The Balaban J connectivity index is 1.85. The zero-order valence-electron chi connectivity index (χ0n) is 14.1. The zero-order chi connectivity index (χ0) is 16.4. The molecule has 0 saturated carbocycles. The highest BCUT2D eigenvalue weighted by Crippen LogP contribution is 2.28. The first kappa shape index (κ1) is 15.5. The number of nitrogens with zero attached hydrogens (tertiary/aromatic N) is 2. The number of benzene rings is 2. The Kier molecular flexibility index (Phi) is 4.03. The molecule has 23 heavy (non-hydrogen) atoms. The van der Waals surface area contributed by atoms with Crippen LogP contribution in [0, 0.1) is 0 Å². The lowest BCUT2D eigenvalue weighted by Gasteiger charge is -2.20. The molecule has 0 N–H and O–H groups in total. The van der Waals surface area contributed by atoms with Crippen molar-refractivity contribution in [2.24, 2.45) is 0 Å². The molecule has 0 amide bonds. The fourth-order valence-electron chi connectivity index (χ4n) is 2.56. The number of hydrogen-bond donors (Lipinski definition) is 0. The molecular weight excluding hydrogens is 284 g/mol. The molecule has 0 radical (unpaired) electrons. The van der Waals surface area contributed by atoms with Gasteiger partial charge in [0.2, 0.25) is 5.88 Å². The zero-order valence-corrected chi connectivity index (χ0v) is 14.1. The van der Waals surface area contributed by atoms with E-state index in [0.29, 0.717) is 5.88 Å². The van der Waals surface area contributed by atoms with Gasteiger partial charge in [-0.3, -0.25) is 0 Å². The lowest BCUT2D eigenvalue weighted by atomic mass is 9.86. The molecule has 0 spiro atoms. The molecular formula is C20H22N2O. The van der Waals surface area contributed by atoms with Crippen LogP contribution >= 0.6 is 0 Å². The monoisotopic (exact) mass is 306 g/mol. The third kappa shape index (κ3) is 3.34. The van der Waals surface area contributed by atoms with Crippen LogP contribution in [0.1, 0.15) is 44.9 Å². The summed E-state index contributed by atoms with van der Waals surface area (Å²) in [5.74, 6) is 0.628. The Morgan fingerprint density at radius 1 is 0.913 bits per heavy atom. The van der Waals surface area contributed by atoms with E-state index in [-0.39, 0.29) is 11.5 Å². The summed E-state index contributed by atoms with van der Waals surface area (Å²) in [7, 11) is 0. The van der Waals surface area contributed by atoms with Crippen molar-refractivity contribution in [1.82, 2.24) is 9.97 Å². The van der Waals surface area contributed by atoms with Gasteiger partial charge in [0.25, 0.3) is 0 Å². The summed E-state index contributed by atoms with van der Waals surface area (Å²) in [6.07, 6.45) is 1.48. The maximum Gasteiger partial charge on any atom is 0.225 e. The van der Waals surface area contributed by atoms with Crippen LogP contribution in [-0.2, 0) is 5.41 Å². The van der Waals surface area contributed by atoms with Crippen molar-refractivity contribution in [2.75, 3.05) is 0 Å². The van der Waals surface area contributed by atoms with Gasteiger partial charge in [0, 0.05) is 0 Å². The second kappa shape index (κ2) is 5.99. The van der Waals surface area contributed by atoms with Gasteiger partial charge in [-0.2, -0.15) is 0 Å². The van der Waals surface area contributed by atoms with E-state index in [1.807, 2.05) is 31.2 Å². The van der Waals surface area contributed by atoms with Gasteiger partial charge in [-0.05, 0) is 35.6 Å². The van der Waals surface area contributed by atoms with Gasteiger partial charge >= 0.3 is 0 Å². The Hall–Kier alpha value is -2.42. The predicted molar refractivity (Wildman–Crippen MR) is 93.7 cm³/mol. The molecule has 3 rings (SSSR count). The lowest BCUT2D eigenvalue weighted by Crippen LogP contribution is -2.11. The minimum absolute atomic E-state index is 0.0673. The quantitative estimate of drug-likeness (QED) is 0.678. The van der Waals surface area contributed by atoms with E-state index < -0.39 is 0 Å². The van der Waals surface area contributed by atoms with E-state index in [1.54, 1.807) is 6.33 Å². The Labute approximate surface area is 137 Å². The van der Waals surface area contributed by atoms with Gasteiger partial charge in [0.05, 0.1) is 10.9 Å².